The summed E-state index contributed by atoms with van der Waals surface area (Å²) in [6.07, 6.45) is 8.20. The van der Waals surface area contributed by atoms with Crippen LogP contribution >= 0.6 is 11.6 Å². The van der Waals surface area contributed by atoms with Crippen LogP contribution in [0.1, 0.15) is 144 Å². The van der Waals surface area contributed by atoms with Crippen molar-refractivity contribution in [2.75, 3.05) is 9.80 Å². The predicted octanol–water partition coefficient (Wildman–Crippen LogP) is 15.4. The summed E-state index contributed by atoms with van der Waals surface area (Å²) >= 11 is 8.00. The van der Waals surface area contributed by atoms with Crippen molar-refractivity contribution in [2.45, 2.75) is 149 Å². The van der Waals surface area contributed by atoms with Crippen LogP contribution in [-0.2, 0) is 21.7 Å². The number of benzene rings is 4. The van der Waals surface area contributed by atoms with Gasteiger partial charge in [0.2, 0.25) is 0 Å². The Kier molecular flexibility index (Phi) is 10.2. The smallest absolute Gasteiger partial charge is 0.0883 e. The van der Waals surface area contributed by atoms with E-state index in [1.54, 1.807) is 0 Å². The van der Waals surface area contributed by atoms with Crippen molar-refractivity contribution in [1.82, 2.24) is 0 Å². The lowest BCUT2D eigenvalue weighted by Crippen LogP contribution is -2.48. The van der Waals surface area contributed by atoms with Crippen molar-refractivity contribution in [3.05, 3.63) is 112 Å². The van der Waals surface area contributed by atoms with Crippen LogP contribution < -0.4 is 9.80 Å². The first kappa shape index (κ1) is 39.0. The number of hydrogen-bond donors (Lipinski definition) is 0. The molecule has 8 rings (SSSR count). The van der Waals surface area contributed by atoms with Crippen LogP contribution in [0.25, 0.3) is 0 Å². The maximum Gasteiger partial charge on any atom is 0.0883 e. The van der Waals surface area contributed by atoms with Crippen molar-refractivity contribution >= 4 is 40.0 Å². The Morgan fingerprint density at radius 2 is 0.889 bits per heavy atom. The average molecular weight is 744 g/mol. The topological polar surface area (TPSA) is 6.48 Å². The lowest BCUT2D eigenvalue weighted by atomic mass is 9.48. The average Bonchev–Trinajstić information content (AvgIpc) is 3.08. The standard InChI is InChI=1S/C51H67ClN2/c1-33(2)34(3)53(42-19-13-38(14-20-42)48(4,5)6)45-28-41(51-30-35-25-36(31-51)27-37(26-35)32-51)29-46(47(45)52)54(43-21-15-39(16-22-43)49(7,8)9)44-23-17-40(18-24-44)50(10,11)12/h13-24,28-29,33-37H,25-27,30-32H2,1-12H3. The van der Waals surface area contributed by atoms with Crippen LogP contribution in [-0.4, -0.2) is 6.04 Å². The fraction of sp³-hybridized carbons (Fsp3) is 0.529. The molecule has 0 saturated heterocycles. The van der Waals surface area contributed by atoms with Gasteiger partial charge in [0.1, 0.15) is 0 Å². The summed E-state index contributed by atoms with van der Waals surface area (Å²) < 4.78 is 0. The van der Waals surface area contributed by atoms with Gasteiger partial charge < -0.3 is 9.80 Å². The van der Waals surface area contributed by atoms with E-state index in [0.717, 1.165) is 45.5 Å². The SMILES string of the molecule is CC(C)C(C)N(c1ccc(C(C)(C)C)cc1)c1cc(C23CC4CC(CC(C4)C2)C3)cc(N(c2ccc(C(C)(C)C)cc2)c2ccc(C(C)(C)C)cc2)c1Cl. The highest BCUT2D eigenvalue weighted by molar-refractivity contribution is 6.36. The Labute approximate surface area is 333 Å². The van der Waals surface area contributed by atoms with E-state index in [2.05, 4.69) is 178 Å². The highest BCUT2D eigenvalue weighted by Crippen LogP contribution is 2.62. The largest absolute Gasteiger partial charge is 0.337 e. The van der Waals surface area contributed by atoms with Gasteiger partial charge in [0.15, 0.2) is 0 Å². The van der Waals surface area contributed by atoms with E-state index in [1.165, 1.54) is 66.5 Å². The molecular weight excluding hydrogens is 676 g/mol. The van der Waals surface area contributed by atoms with Gasteiger partial charge in [0, 0.05) is 23.1 Å². The molecule has 4 bridgehead atoms. The molecule has 0 aromatic heterocycles. The molecule has 288 valence electrons. The zero-order valence-electron chi connectivity index (χ0n) is 35.5. The third-order valence-electron chi connectivity index (χ3n) is 13.6. The Balaban J connectivity index is 1.48. The Morgan fingerprint density at radius 3 is 1.24 bits per heavy atom. The lowest BCUT2D eigenvalue weighted by molar-refractivity contribution is -0.00515. The zero-order valence-corrected chi connectivity index (χ0v) is 36.2. The third kappa shape index (κ3) is 7.51. The number of hydrogen-bond acceptors (Lipinski definition) is 2. The normalized spacial score (nSPS) is 23.2. The van der Waals surface area contributed by atoms with E-state index in [-0.39, 0.29) is 27.7 Å². The van der Waals surface area contributed by atoms with E-state index < -0.39 is 0 Å². The monoisotopic (exact) mass is 742 g/mol. The highest BCUT2D eigenvalue weighted by Gasteiger charge is 2.52. The maximum atomic E-state index is 8.00. The molecule has 4 aromatic carbocycles. The molecular formula is C51H67ClN2. The molecule has 4 aromatic rings. The highest BCUT2D eigenvalue weighted by atomic mass is 35.5. The quantitative estimate of drug-likeness (QED) is 0.177. The summed E-state index contributed by atoms with van der Waals surface area (Å²) in [6, 6.07) is 33.1. The molecule has 0 radical (unpaired) electrons. The second-order valence-corrected chi connectivity index (χ2v) is 21.5. The first-order valence-electron chi connectivity index (χ1n) is 21.0. The van der Waals surface area contributed by atoms with E-state index in [0.29, 0.717) is 5.92 Å². The van der Waals surface area contributed by atoms with E-state index >= 15 is 0 Å². The van der Waals surface area contributed by atoms with Crippen LogP contribution in [0.2, 0.25) is 5.02 Å². The summed E-state index contributed by atoms with van der Waals surface area (Å²) in [7, 11) is 0. The maximum absolute atomic E-state index is 8.00. The molecule has 1 atom stereocenters. The summed E-state index contributed by atoms with van der Waals surface area (Å²) in [4.78, 5) is 5.02. The van der Waals surface area contributed by atoms with Crippen LogP contribution in [0.5, 0.6) is 0 Å². The molecule has 54 heavy (non-hydrogen) atoms. The molecule has 4 saturated carbocycles. The van der Waals surface area contributed by atoms with Crippen LogP contribution in [0.15, 0.2) is 84.9 Å². The molecule has 0 N–H and O–H groups in total. The molecule has 4 fully saturated rings. The van der Waals surface area contributed by atoms with Crippen LogP contribution in [0.4, 0.5) is 28.4 Å². The minimum atomic E-state index is 0.0664. The first-order chi connectivity index (χ1) is 25.2. The Hall–Kier alpha value is -3.23. The van der Waals surface area contributed by atoms with Gasteiger partial charge in [0.25, 0.3) is 0 Å². The number of nitrogens with zero attached hydrogens (tertiary/aromatic N) is 2. The van der Waals surface area contributed by atoms with Crippen LogP contribution in [0.3, 0.4) is 0 Å². The van der Waals surface area contributed by atoms with Gasteiger partial charge in [-0.25, -0.2) is 0 Å². The van der Waals surface area contributed by atoms with Crippen molar-refractivity contribution in [1.29, 1.82) is 0 Å². The van der Waals surface area contributed by atoms with Gasteiger partial charge in [-0.2, -0.15) is 0 Å². The summed E-state index contributed by atoms with van der Waals surface area (Å²) in [5.41, 5.74) is 11.6. The molecule has 0 heterocycles. The van der Waals surface area contributed by atoms with E-state index in [1.807, 2.05) is 0 Å². The van der Waals surface area contributed by atoms with Gasteiger partial charge >= 0.3 is 0 Å². The van der Waals surface area contributed by atoms with Crippen molar-refractivity contribution in [3.8, 4) is 0 Å². The molecule has 1 unspecified atom stereocenters. The number of anilines is 5. The molecule has 4 aliphatic rings. The number of halogens is 1. The second-order valence-electron chi connectivity index (χ2n) is 21.1. The van der Waals surface area contributed by atoms with Crippen molar-refractivity contribution in [2.24, 2.45) is 23.7 Å². The molecule has 3 heteroatoms. The van der Waals surface area contributed by atoms with E-state index in [9.17, 15) is 0 Å². The summed E-state index contributed by atoms with van der Waals surface area (Å²) in [6.45, 7) is 27.7. The second kappa shape index (κ2) is 14.1. The predicted molar refractivity (Wildman–Crippen MR) is 235 cm³/mol. The van der Waals surface area contributed by atoms with Gasteiger partial charge in [-0.15, -0.1) is 0 Å². The minimum Gasteiger partial charge on any atom is -0.337 e. The van der Waals surface area contributed by atoms with Crippen molar-refractivity contribution in [3.63, 3.8) is 0 Å². The summed E-state index contributed by atoms with van der Waals surface area (Å²) in [5.74, 6) is 2.96. The molecule has 2 nitrogen and oxygen atoms in total. The number of rotatable bonds is 8. The molecule has 0 spiro atoms. The molecule has 0 aliphatic heterocycles. The zero-order chi connectivity index (χ0) is 39.0. The third-order valence-corrected chi connectivity index (χ3v) is 13.9. The summed E-state index contributed by atoms with van der Waals surface area (Å²) in [5, 5.41) is 0.815. The van der Waals surface area contributed by atoms with Crippen molar-refractivity contribution < 1.29 is 0 Å². The molecule has 4 aliphatic carbocycles. The minimum absolute atomic E-state index is 0.0664. The molecule has 0 amide bonds. The fourth-order valence-electron chi connectivity index (χ4n) is 10.4. The fourth-order valence-corrected chi connectivity index (χ4v) is 10.6. The van der Waals surface area contributed by atoms with Gasteiger partial charge in [-0.1, -0.05) is 124 Å². The lowest BCUT2D eigenvalue weighted by Gasteiger charge is -2.57. The van der Waals surface area contributed by atoms with Gasteiger partial charge in [-0.05, 0) is 162 Å². The Morgan fingerprint density at radius 1 is 0.537 bits per heavy atom. The van der Waals surface area contributed by atoms with E-state index in [4.69, 9.17) is 11.6 Å². The van der Waals surface area contributed by atoms with Gasteiger partial charge in [-0.3, -0.25) is 0 Å². The van der Waals surface area contributed by atoms with Gasteiger partial charge in [0.05, 0.1) is 16.4 Å². The first-order valence-corrected chi connectivity index (χ1v) is 21.4. The van der Waals surface area contributed by atoms with Crippen LogP contribution in [0, 0.1) is 23.7 Å². The Bertz CT molecular complexity index is 1840.